The monoisotopic (exact) mass is 255 g/mol. The number of nitrogens with zero attached hydrogens (tertiary/aromatic N) is 1. The molecule has 1 aliphatic rings. The molecule has 0 unspecified atom stereocenters. The third-order valence-corrected chi connectivity index (χ3v) is 4.13. The van der Waals surface area contributed by atoms with Crippen molar-refractivity contribution in [3.05, 3.63) is 0 Å². The SMILES string of the molecule is CCCN(CC)CCNC(=O)C1(CN)CCCC1. The van der Waals surface area contributed by atoms with Crippen LogP contribution in [-0.2, 0) is 4.79 Å². The molecule has 0 aliphatic heterocycles. The Morgan fingerprint density at radius 1 is 1.28 bits per heavy atom. The minimum absolute atomic E-state index is 0.176. The Morgan fingerprint density at radius 3 is 2.44 bits per heavy atom. The van der Waals surface area contributed by atoms with E-state index in [9.17, 15) is 4.79 Å². The predicted molar refractivity (Wildman–Crippen MR) is 75.4 cm³/mol. The van der Waals surface area contributed by atoms with Crippen LogP contribution in [0.2, 0.25) is 0 Å². The summed E-state index contributed by atoms with van der Waals surface area (Å²) in [6.07, 6.45) is 5.36. The highest BCUT2D eigenvalue weighted by Gasteiger charge is 2.39. The highest BCUT2D eigenvalue weighted by Crippen LogP contribution is 2.37. The van der Waals surface area contributed by atoms with Gasteiger partial charge in [0.2, 0.25) is 5.91 Å². The van der Waals surface area contributed by atoms with Crippen LogP contribution < -0.4 is 11.1 Å². The molecule has 1 rings (SSSR count). The molecule has 18 heavy (non-hydrogen) atoms. The molecule has 3 N–H and O–H groups in total. The van der Waals surface area contributed by atoms with Gasteiger partial charge >= 0.3 is 0 Å². The summed E-state index contributed by atoms with van der Waals surface area (Å²) in [4.78, 5) is 14.6. The van der Waals surface area contributed by atoms with Gasteiger partial charge in [0.05, 0.1) is 5.41 Å². The molecule has 4 nitrogen and oxygen atoms in total. The van der Waals surface area contributed by atoms with E-state index in [4.69, 9.17) is 5.73 Å². The lowest BCUT2D eigenvalue weighted by atomic mass is 9.85. The minimum atomic E-state index is -0.262. The molecule has 0 radical (unpaired) electrons. The lowest BCUT2D eigenvalue weighted by molar-refractivity contribution is -0.130. The smallest absolute Gasteiger partial charge is 0.227 e. The molecule has 0 bridgehead atoms. The molecule has 4 heteroatoms. The van der Waals surface area contributed by atoms with Gasteiger partial charge < -0.3 is 16.0 Å². The molecule has 0 heterocycles. The lowest BCUT2D eigenvalue weighted by Crippen LogP contribution is -2.46. The van der Waals surface area contributed by atoms with E-state index in [0.29, 0.717) is 6.54 Å². The van der Waals surface area contributed by atoms with Gasteiger partial charge in [0.1, 0.15) is 0 Å². The van der Waals surface area contributed by atoms with E-state index in [1.165, 1.54) is 0 Å². The summed E-state index contributed by atoms with van der Waals surface area (Å²) in [6.45, 7) is 8.68. The zero-order valence-corrected chi connectivity index (χ0v) is 12.0. The van der Waals surface area contributed by atoms with E-state index in [-0.39, 0.29) is 11.3 Å². The third-order valence-electron chi connectivity index (χ3n) is 4.13. The first-order valence-corrected chi connectivity index (χ1v) is 7.39. The van der Waals surface area contributed by atoms with E-state index >= 15 is 0 Å². The number of carbonyl (C=O) groups excluding carboxylic acids is 1. The fourth-order valence-corrected chi connectivity index (χ4v) is 2.83. The first kappa shape index (κ1) is 15.4. The average Bonchev–Trinajstić information content (AvgIpc) is 2.87. The normalized spacial score (nSPS) is 18.2. The Morgan fingerprint density at radius 2 is 1.94 bits per heavy atom. The molecule has 1 aliphatic carbocycles. The fraction of sp³-hybridized carbons (Fsp3) is 0.929. The van der Waals surface area contributed by atoms with Crippen molar-refractivity contribution in [1.82, 2.24) is 10.2 Å². The molecule has 0 aromatic heterocycles. The second-order valence-electron chi connectivity index (χ2n) is 5.38. The number of nitrogens with one attached hydrogen (secondary N) is 1. The Balaban J connectivity index is 2.31. The maximum Gasteiger partial charge on any atom is 0.227 e. The maximum atomic E-state index is 12.2. The predicted octanol–water partition coefficient (Wildman–Crippen LogP) is 1.35. The summed E-state index contributed by atoms with van der Waals surface area (Å²) >= 11 is 0. The van der Waals surface area contributed by atoms with Crippen LogP contribution in [0.25, 0.3) is 0 Å². The second kappa shape index (κ2) is 7.74. The highest BCUT2D eigenvalue weighted by molar-refractivity contribution is 5.83. The van der Waals surface area contributed by atoms with Crippen molar-refractivity contribution in [3.8, 4) is 0 Å². The van der Waals surface area contributed by atoms with Gasteiger partial charge in [-0.15, -0.1) is 0 Å². The van der Waals surface area contributed by atoms with Crippen LogP contribution in [0.5, 0.6) is 0 Å². The molecule has 0 saturated heterocycles. The number of carbonyl (C=O) groups is 1. The van der Waals surface area contributed by atoms with Crippen LogP contribution in [0.3, 0.4) is 0 Å². The van der Waals surface area contributed by atoms with Gasteiger partial charge in [0.15, 0.2) is 0 Å². The van der Waals surface area contributed by atoms with Gasteiger partial charge in [0.25, 0.3) is 0 Å². The Hall–Kier alpha value is -0.610. The largest absolute Gasteiger partial charge is 0.354 e. The standard InChI is InChI=1S/C14H29N3O/c1-3-10-17(4-2)11-9-16-13(18)14(12-15)7-5-6-8-14/h3-12,15H2,1-2H3,(H,16,18). The van der Waals surface area contributed by atoms with E-state index in [1.54, 1.807) is 0 Å². The van der Waals surface area contributed by atoms with Gasteiger partial charge in [-0.05, 0) is 32.4 Å². The number of hydrogen-bond acceptors (Lipinski definition) is 3. The molecule has 1 fully saturated rings. The molecule has 0 spiro atoms. The Labute approximate surface area is 111 Å². The zero-order chi connectivity index (χ0) is 13.4. The fourth-order valence-electron chi connectivity index (χ4n) is 2.83. The Kier molecular flexibility index (Phi) is 6.65. The van der Waals surface area contributed by atoms with Gasteiger partial charge in [-0.3, -0.25) is 4.79 Å². The minimum Gasteiger partial charge on any atom is -0.354 e. The molecule has 0 atom stereocenters. The maximum absolute atomic E-state index is 12.2. The van der Waals surface area contributed by atoms with Gasteiger partial charge in [0, 0.05) is 19.6 Å². The number of rotatable bonds is 8. The quantitative estimate of drug-likeness (QED) is 0.688. The van der Waals surface area contributed by atoms with Crippen LogP contribution in [0, 0.1) is 5.41 Å². The van der Waals surface area contributed by atoms with Crippen LogP contribution in [0.1, 0.15) is 46.0 Å². The van der Waals surface area contributed by atoms with Crippen LogP contribution in [-0.4, -0.2) is 43.5 Å². The van der Waals surface area contributed by atoms with E-state index in [2.05, 4.69) is 24.1 Å². The number of nitrogens with two attached hydrogens (primary N) is 1. The zero-order valence-electron chi connectivity index (χ0n) is 12.0. The van der Waals surface area contributed by atoms with Crippen molar-refractivity contribution in [2.24, 2.45) is 11.1 Å². The van der Waals surface area contributed by atoms with Crippen LogP contribution in [0.4, 0.5) is 0 Å². The number of hydrogen-bond donors (Lipinski definition) is 2. The molecular formula is C14H29N3O. The van der Waals surface area contributed by atoms with Crippen molar-refractivity contribution in [1.29, 1.82) is 0 Å². The molecule has 0 aromatic rings. The third kappa shape index (κ3) is 3.95. The summed E-state index contributed by atoms with van der Waals surface area (Å²) in [7, 11) is 0. The molecule has 0 aromatic carbocycles. The van der Waals surface area contributed by atoms with E-state index in [1.807, 2.05) is 0 Å². The molecule has 106 valence electrons. The lowest BCUT2D eigenvalue weighted by Gasteiger charge is -2.27. The summed E-state index contributed by atoms with van der Waals surface area (Å²) in [6, 6.07) is 0. The Bertz CT molecular complexity index is 249. The van der Waals surface area contributed by atoms with Gasteiger partial charge in [-0.2, -0.15) is 0 Å². The summed E-state index contributed by atoms with van der Waals surface area (Å²) < 4.78 is 0. The summed E-state index contributed by atoms with van der Waals surface area (Å²) in [5.74, 6) is 0.176. The summed E-state index contributed by atoms with van der Waals surface area (Å²) in [5.41, 5.74) is 5.54. The molecule has 1 saturated carbocycles. The number of likely N-dealkylation sites (N-methyl/N-ethyl adjacent to an activating group) is 1. The van der Waals surface area contributed by atoms with Crippen LogP contribution in [0.15, 0.2) is 0 Å². The van der Waals surface area contributed by atoms with Crippen molar-refractivity contribution in [2.75, 3.05) is 32.7 Å². The van der Waals surface area contributed by atoms with Crippen molar-refractivity contribution >= 4 is 5.91 Å². The first-order chi connectivity index (χ1) is 8.68. The topological polar surface area (TPSA) is 58.4 Å². The average molecular weight is 255 g/mol. The molecular weight excluding hydrogens is 226 g/mol. The van der Waals surface area contributed by atoms with Gasteiger partial charge in [-0.25, -0.2) is 0 Å². The van der Waals surface area contributed by atoms with Crippen molar-refractivity contribution < 1.29 is 4.79 Å². The van der Waals surface area contributed by atoms with Crippen molar-refractivity contribution in [2.45, 2.75) is 46.0 Å². The first-order valence-electron chi connectivity index (χ1n) is 7.39. The highest BCUT2D eigenvalue weighted by atomic mass is 16.2. The van der Waals surface area contributed by atoms with E-state index < -0.39 is 0 Å². The van der Waals surface area contributed by atoms with Crippen molar-refractivity contribution in [3.63, 3.8) is 0 Å². The molecule has 1 amide bonds. The van der Waals surface area contributed by atoms with Gasteiger partial charge in [-0.1, -0.05) is 26.7 Å². The van der Waals surface area contributed by atoms with Crippen LogP contribution >= 0.6 is 0 Å². The number of amides is 1. The van der Waals surface area contributed by atoms with E-state index in [0.717, 1.165) is 58.3 Å². The summed E-state index contributed by atoms with van der Waals surface area (Å²) in [5, 5.41) is 3.08. The second-order valence-corrected chi connectivity index (χ2v) is 5.38.